The van der Waals surface area contributed by atoms with E-state index in [4.69, 9.17) is 0 Å². The Hall–Kier alpha value is -0.580. The highest BCUT2D eigenvalue weighted by Crippen LogP contribution is 2.14. The molecule has 0 radical (unpaired) electrons. The Kier molecular flexibility index (Phi) is 16.5. The highest BCUT2D eigenvalue weighted by Gasteiger charge is 2.13. The summed E-state index contributed by atoms with van der Waals surface area (Å²) in [7, 11) is -3.64. The van der Waals surface area contributed by atoms with Crippen molar-refractivity contribution in [1.29, 1.82) is 0 Å². The van der Waals surface area contributed by atoms with Crippen LogP contribution < -0.4 is 0 Å². The number of unbranched alkanes of at least 4 members (excludes halogenated alkanes) is 14. The number of hydrogen-bond donors (Lipinski definition) is 0. The van der Waals surface area contributed by atoms with Crippen molar-refractivity contribution >= 4 is 16.1 Å². The van der Waals surface area contributed by atoms with Crippen LogP contribution in [0.5, 0.6) is 0 Å². The Labute approximate surface area is 156 Å². The van der Waals surface area contributed by atoms with Gasteiger partial charge in [-0.1, -0.05) is 96.8 Å². The van der Waals surface area contributed by atoms with Crippen molar-refractivity contribution in [3.05, 3.63) is 0 Å². The molecule has 0 bridgehead atoms. The molecule has 0 rings (SSSR count). The largest absolute Gasteiger partial charge is 0.346 e. The fourth-order valence-electron chi connectivity index (χ4n) is 2.88. The fraction of sp³-hybridized carbons (Fsp3) is 0.950. The molecule has 0 aromatic rings. The molecule has 0 aliphatic rings. The van der Waals surface area contributed by atoms with Gasteiger partial charge in [0.25, 0.3) is 0 Å². The summed E-state index contributed by atoms with van der Waals surface area (Å²) in [4.78, 5) is 11.4. The van der Waals surface area contributed by atoms with E-state index in [9.17, 15) is 13.2 Å². The normalized spacial score (nSPS) is 11.6. The van der Waals surface area contributed by atoms with Crippen LogP contribution in [0.15, 0.2) is 0 Å². The summed E-state index contributed by atoms with van der Waals surface area (Å²) in [6.07, 6.45) is 19.2. The molecule has 0 aromatic carbocycles. The zero-order valence-electron chi connectivity index (χ0n) is 16.6. The van der Waals surface area contributed by atoms with E-state index >= 15 is 0 Å². The average Bonchev–Trinajstić information content (AvgIpc) is 2.58. The molecule has 0 atom stereocenters. The second kappa shape index (κ2) is 16.9. The zero-order chi connectivity index (χ0) is 18.8. The van der Waals surface area contributed by atoms with E-state index in [2.05, 4.69) is 11.1 Å². The SMILES string of the molecule is CCCCCCCCCCCCCCCCCC(=O)OS(=O)(=O)CC. The molecule has 150 valence electrons. The molecule has 25 heavy (non-hydrogen) atoms. The van der Waals surface area contributed by atoms with Crippen LogP contribution in [0.25, 0.3) is 0 Å². The summed E-state index contributed by atoms with van der Waals surface area (Å²) in [5.41, 5.74) is 0. The van der Waals surface area contributed by atoms with Crippen molar-refractivity contribution in [3.8, 4) is 0 Å². The van der Waals surface area contributed by atoms with Crippen LogP contribution in [-0.2, 0) is 19.1 Å². The first-order valence-corrected chi connectivity index (χ1v) is 12.0. The maximum Gasteiger partial charge on any atom is 0.322 e. The second-order valence-corrected chi connectivity index (χ2v) is 8.86. The first-order valence-electron chi connectivity index (χ1n) is 10.5. The van der Waals surface area contributed by atoms with Gasteiger partial charge in [-0.25, -0.2) is 0 Å². The Morgan fingerprint density at radius 3 is 1.36 bits per heavy atom. The van der Waals surface area contributed by atoms with Gasteiger partial charge in [-0.05, 0) is 13.3 Å². The zero-order valence-corrected chi connectivity index (χ0v) is 17.4. The maximum absolute atomic E-state index is 11.4. The Balaban J connectivity index is 3.23. The van der Waals surface area contributed by atoms with Gasteiger partial charge in [0, 0.05) is 6.42 Å². The van der Waals surface area contributed by atoms with E-state index in [1.807, 2.05) is 0 Å². The van der Waals surface area contributed by atoms with Crippen LogP contribution in [0, 0.1) is 0 Å². The molecule has 4 nitrogen and oxygen atoms in total. The minimum atomic E-state index is -3.64. The van der Waals surface area contributed by atoms with Crippen molar-refractivity contribution in [3.63, 3.8) is 0 Å². The lowest BCUT2D eigenvalue weighted by Crippen LogP contribution is -2.14. The van der Waals surface area contributed by atoms with Crippen LogP contribution in [0.1, 0.15) is 117 Å². The summed E-state index contributed by atoms with van der Waals surface area (Å²) in [5, 5.41) is 0. The Bertz CT molecular complexity index is 404. The number of rotatable bonds is 18. The van der Waals surface area contributed by atoms with Gasteiger partial charge in [0.15, 0.2) is 0 Å². The molecule has 0 aromatic heterocycles. The van der Waals surface area contributed by atoms with Crippen LogP contribution in [0.2, 0.25) is 0 Å². The second-order valence-electron chi connectivity index (χ2n) is 7.00. The van der Waals surface area contributed by atoms with Crippen LogP contribution >= 0.6 is 0 Å². The van der Waals surface area contributed by atoms with E-state index < -0.39 is 16.1 Å². The first kappa shape index (κ1) is 24.4. The van der Waals surface area contributed by atoms with Gasteiger partial charge in [0.05, 0.1) is 5.75 Å². The summed E-state index contributed by atoms with van der Waals surface area (Å²) < 4.78 is 26.7. The lowest BCUT2D eigenvalue weighted by atomic mass is 10.0. The highest BCUT2D eigenvalue weighted by molar-refractivity contribution is 7.87. The number of carbonyl (C=O) groups excluding carboxylic acids is 1. The monoisotopic (exact) mass is 376 g/mol. The predicted molar refractivity (Wildman–Crippen MR) is 105 cm³/mol. The molecule has 0 N–H and O–H groups in total. The molecule has 0 saturated carbocycles. The fourth-order valence-corrected chi connectivity index (χ4v) is 3.37. The maximum atomic E-state index is 11.4. The van der Waals surface area contributed by atoms with Crippen molar-refractivity contribution < 1.29 is 17.4 Å². The van der Waals surface area contributed by atoms with Crippen molar-refractivity contribution in [2.24, 2.45) is 0 Å². The van der Waals surface area contributed by atoms with Gasteiger partial charge < -0.3 is 4.18 Å². The molecule has 0 amide bonds. The minimum Gasteiger partial charge on any atom is -0.346 e. The van der Waals surface area contributed by atoms with E-state index in [1.165, 1.54) is 84.0 Å². The van der Waals surface area contributed by atoms with Gasteiger partial charge in [-0.2, -0.15) is 8.42 Å². The Morgan fingerprint density at radius 1 is 0.640 bits per heavy atom. The molecular formula is C20H40O4S. The lowest BCUT2D eigenvalue weighted by molar-refractivity contribution is -0.133. The van der Waals surface area contributed by atoms with Gasteiger partial charge in [-0.15, -0.1) is 0 Å². The summed E-state index contributed by atoms with van der Waals surface area (Å²) in [5.74, 6) is -0.769. The molecule has 0 fully saturated rings. The molecule has 0 aliphatic carbocycles. The number of hydrogen-bond acceptors (Lipinski definition) is 4. The molecule has 0 aliphatic heterocycles. The predicted octanol–water partition coefficient (Wildman–Crippen LogP) is 6.14. The summed E-state index contributed by atoms with van der Waals surface area (Å²) >= 11 is 0. The molecule has 0 unspecified atom stereocenters. The quantitative estimate of drug-likeness (QED) is 0.213. The molecule has 0 saturated heterocycles. The minimum absolute atomic E-state index is 0.155. The van der Waals surface area contributed by atoms with Gasteiger partial charge in [-0.3, -0.25) is 4.79 Å². The third-order valence-corrected chi connectivity index (χ3v) is 5.70. The van der Waals surface area contributed by atoms with Crippen LogP contribution in [-0.4, -0.2) is 20.1 Å². The summed E-state index contributed by atoms with van der Waals surface area (Å²) in [6, 6.07) is 0. The lowest BCUT2D eigenvalue weighted by Gasteiger charge is -2.04. The van der Waals surface area contributed by atoms with Gasteiger partial charge in [0.2, 0.25) is 0 Å². The van der Waals surface area contributed by atoms with Gasteiger partial charge >= 0.3 is 16.1 Å². The van der Waals surface area contributed by atoms with Crippen LogP contribution in [0.3, 0.4) is 0 Å². The van der Waals surface area contributed by atoms with E-state index in [-0.39, 0.29) is 12.2 Å². The molecule has 5 heteroatoms. The third-order valence-electron chi connectivity index (χ3n) is 4.56. The van der Waals surface area contributed by atoms with Crippen molar-refractivity contribution in [2.45, 2.75) is 117 Å². The molecule has 0 heterocycles. The van der Waals surface area contributed by atoms with Crippen molar-refractivity contribution in [1.82, 2.24) is 0 Å². The molecular weight excluding hydrogens is 336 g/mol. The number of carbonyl (C=O) groups is 1. The van der Waals surface area contributed by atoms with E-state index in [0.29, 0.717) is 0 Å². The van der Waals surface area contributed by atoms with E-state index in [0.717, 1.165) is 19.3 Å². The van der Waals surface area contributed by atoms with Crippen LogP contribution in [0.4, 0.5) is 0 Å². The highest BCUT2D eigenvalue weighted by atomic mass is 32.2. The van der Waals surface area contributed by atoms with Crippen molar-refractivity contribution in [2.75, 3.05) is 5.75 Å². The Morgan fingerprint density at radius 2 is 1.00 bits per heavy atom. The van der Waals surface area contributed by atoms with E-state index in [1.54, 1.807) is 0 Å². The topological polar surface area (TPSA) is 60.4 Å². The first-order chi connectivity index (χ1) is 12.0. The van der Waals surface area contributed by atoms with Gasteiger partial charge in [0.1, 0.15) is 0 Å². The third kappa shape index (κ3) is 18.0. The molecule has 0 spiro atoms. The smallest absolute Gasteiger partial charge is 0.322 e. The summed E-state index contributed by atoms with van der Waals surface area (Å²) in [6.45, 7) is 3.73. The average molecular weight is 377 g/mol. The standard InChI is InChI=1S/C20H40O4S/c1-3-5-6-7-8-9-10-11-12-13-14-15-16-17-18-19-20(21)24-25(22,23)4-2/h3-19H2,1-2H3.